The number of ether oxygens (including phenoxy) is 1. The van der Waals surface area contributed by atoms with Crippen LogP contribution in [0.1, 0.15) is 89.0 Å². The van der Waals surface area contributed by atoms with E-state index in [4.69, 9.17) is 4.74 Å². The van der Waals surface area contributed by atoms with Crippen LogP contribution in [0.4, 0.5) is 8.78 Å². The van der Waals surface area contributed by atoms with Crippen molar-refractivity contribution in [3.8, 4) is 5.75 Å². The summed E-state index contributed by atoms with van der Waals surface area (Å²) in [6.45, 7) is 5.93. The van der Waals surface area contributed by atoms with E-state index in [9.17, 15) is 8.78 Å². The van der Waals surface area contributed by atoms with Crippen molar-refractivity contribution in [3.63, 3.8) is 0 Å². The van der Waals surface area contributed by atoms with Crippen LogP contribution in [0.5, 0.6) is 5.75 Å². The number of rotatable bonds is 10. The molecule has 1 aromatic carbocycles. The second-order valence-corrected chi connectivity index (χ2v) is 9.16. The molecule has 1 unspecified atom stereocenters. The highest BCUT2D eigenvalue weighted by Crippen LogP contribution is 2.39. The predicted octanol–water partition coefficient (Wildman–Crippen LogP) is 8.67. The van der Waals surface area contributed by atoms with E-state index in [0.29, 0.717) is 18.1 Å². The van der Waals surface area contributed by atoms with Gasteiger partial charge in [0, 0.05) is 0 Å². The van der Waals surface area contributed by atoms with E-state index in [0.717, 1.165) is 44.4 Å². The largest absolute Gasteiger partial charge is 0.491 e. The molecule has 1 fully saturated rings. The van der Waals surface area contributed by atoms with Crippen molar-refractivity contribution in [2.24, 2.45) is 11.8 Å². The van der Waals surface area contributed by atoms with Crippen LogP contribution in [0.2, 0.25) is 0 Å². The molecule has 0 radical (unpaired) electrons. The van der Waals surface area contributed by atoms with Gasteiger partial charge in [-0.05, 0) is 107 Å². The first-order valence-electron chi connectivity index (χ1n) is 12.2. The highest BCUT2D eigenvalue weighted by molar-refractivity contribution is 5.33. The van der Waals surface area contributed by atoms with Crippen LogP contribution in [0, 0.1) is 23.5 Å². The van der Waals surface area contributed by atoms with Crippen molar-refractivity contribution in [1.29, 1.82) is 0 Å². The maximum atomic E-state index is 14.5. The summed E-state index contributed by atoms with van der Waals surface area (Å²) in [5.74, 6) is -0.0310. The van der Waals surface area contributed by atoms with Crippen molar-refractivity contribution < 1.29 is 13.5 Å². The molecule has 0 spiro atoms. The van der Waals surface area contributed by atoms with Crippen molar-refractivity contribution in [1.82, 2.24) is 0 Å². The second kappa shape index (κ2) is 12.2. The van der Waals surface area contributed by atoms with Gasteiger partial charge < -0.3 is 4.74 Å². The van der Waals surface area contributed by atoms with E-state index in [1.165, 1.54) is 32.1 Å². The first-order chi connectivity index (χ1) is 15.1. The molecular weight excluding hydrogens is 390 g/mol. The van der Waals surface area contributed by atoms with Gasteiger partial charge >= 0.3 is 0 Å². The fourth-order valence-corrected chi connectivity index (χ4v) is 5.09. The Morgan fingerprint density at radius 2 is 1.87 bits per heavy atom. The summed E-state index contributed by atoms with van der Waals surface area (Å²) >= 11 is 0. The molecule has 0 aliphatic heterocycles. The molecule has 0 heterocycles. The average molecular weight is 429 g/mol. The van der Waals surface area contributed by atoms with Crippen LogP contribution in [0.25, 0.3) is 0 Å². The summed E-state index contributed by atoms with van der Waals surface area (Å²) in [6, 6.07) is 3.29. The molecule has 2 aliphatic carbocycles. The maximum absolute atomic E-state index is 14.5. The van der Waals surface area contributed by atoms with E-state index in [1.807, 2.05) is 6.08 Å². The van der Waals surface area contributed by atoms with Gasteiger partial charge in [-0.3, -0.25) is 0 Å². The molecule has 2 aliphatic rings. The molecule has 1 saturated carbocycles. The van der Waals surface area contributed by atoms with Crippen molar-refractivity contribution in [2.45, 2.75) is 83.5 Å². The lowest BCUT2D eigenvalue weighted by Crippen LogP contribution is -2.14. The molecule has 1 aromatic rings. The van der Waals surface area contributed by atoms with Gasteiger partial charge in [-0.1, -0.05) is 35.9 Å². The van der Waals surface area contributed by atoms with Crippen LogP contribution < -0.4 is 4.74 Å². The molecule has 1 nitrogen and oxygen atoms in total. The Bertz CT molecular complexity index is 771. The fourth-order valence-electron chi connectivity index (χ4n) is 5.09. The number of halogens is 2. The van der Waals surface area contributed by atoms with Gasteiger partial charge in [0.25, 0.3) is 0 Å². The van der Waals surface area contributed by atoms with Crippen molar-refractivity contribution in [2.75, 3.05) is 6.61 Å². The molecule has 3 rings (SSSR count). The summed E-state index contributed by atoms with van der Waals surface area (Å²) in [4.78, 5) is 0. The molecule has 170 valence electrons. The number of allylic oxidation sites excluding steroid dienone is 5. The normalized spacial score (nSPS) is 24.2. The van der Waals surface area contributed by atoms with Crippen LogP contribution in [-0.2, 0) is 0 Å². The van der Waals surface area contributed by atoms with Gasteiger partial charge in [0.1, 0.15) is 0 Å². The third kappa shape index (κ3) is 6.79. The molecule has 31 heavy (non-hydrogen) atoms. The van der Waals surface area contributed by atoms with Crippen LogP contribution in [0.3, 0.4) is 0 Å². The van der Waals surface area contributed by atoms with Gasteiger partial charge in [0.2, 0.25) is 5.82 Å². The maximum Gasteiger partial charge on any atom is 0.200 e. The van der Waals surface area contributed by atoms with Gasteiger partial charge in [0.15, 0.2) is 11.6 Å². The second-order valence-electron chi connectivity index (χ2n) is 9.16. The van der Waals surface area contributed by atoms with Crippen molar-refractivity contribution in [3.05, 3.63) is 65.8 Å². The minimum atomic E-state index is -0.842. The standard InChI is InChI=1S/C28H38F2O/c1-3-5-8-21-11-13-22(14-12-21)9-6-7-10-23-15-17-24(18-16-23)25-19-20-26(31-4-2)28(30)27(25)29/h3,7,10,13,19-21,23-24H,1,4-6,8-9,11-12,14-18H2,2H3. The van der Waals surface area contributed by atoms with Gasteiger partial charge in [-0.15, -0.1) is 6.58 Å². The highest BCUT2D eigenvalue weighted by atomic mass is 19.2. The summed E-state index contributed by atoms with van der Waals surface area (Å²) in [5.41, 5.74) is 2.13. The Morgan fingerprint density at radius 1 is 1.06 bits per heavy atom. The first-order valence-corrected chi connectivity index (χ1v) is 12.2. The van der Waals surface area contributed by atoms with E-state index in [2.05, 4.69) is 24.8 Å². The smallest absolute Gasteiger partial charge is 0.200 e. The first kappa shape index (κ1) is 23.8. The SMILES string of the molecule is C=CCCC1CC=C(CCC=CC2CCC(c3ccc(OCC)c(F)c3F)CC2)CC1. The Labute approximate surface area is 187 Å². The topological polar surface area (TPSA) is 9.23 Å². The summed E-state index contributed by atoms with van der Waals surface area (Å²) < 4.78 is 33.9. The van der Waals surface area contributed by atoms with Crippen molar-refractivity contribution >= 4 is 0 Å². The quantitative estimate of drug-likeness (QED) is 0.339. The molecule has 0 N–H and O–H groups in total. The Hall–Kier alpha value is -1.90. The van der Waals surface area contributed by atoms with Crippen LogP contribution in [0.15, 0.2) is 48.6 Å². The Kier molecular flexibility index (Phi) is 9.36. The van der Waals surface area contributed by atoms with Crippen LogP contribution in [-0.4, -0.2) is 6.61 Å². The average Bonchev–Trinajstić information content (AvgIpc) is 2.80. The lowest BCUT2D eigenvalue weighted by Gasteiger charge is -2.27. The lowest BCUT2D eigenvalue weighted by molar-refractivity contribution is 0.310. The minimum absolute atomic E-state index is 0.0146. The van der Waals surface area contributed by atoms with E-state index >= 15 is 0 Å². The summed E-state index contributed by atoms with van der Waals surface area (Å²) in [6.07, 6.45) is 21.7. The number of hydrogen-bond donors (Lipinski definition) is 0. The van der Waals surface area contributed by atoms with E-state index in [1.54, 1.807) is 24.6 Å². The van der Waals surface area contributed by atoms with Crippen LogP contribution >= 0.6 is 0 Å². The third-order valence-electron chi connectivity index (χ3n) is 7.02. The molecule has 0 saturated heterocycles. The number of hydrogen-bond acceptors (Lipinski definition) is 1. The molecular formula is C28H38F2O. The zero-order valence-corrected chi connectivity index (χ0v) is 19.1. The lowest BCUT2D eigenvalue weighted by atomic mass is 9.78. The van der Waals surface area contributed by atoms with Gasteiger partial charge in [-0.25, -0.2) is 4.39 Å². The molecule has 0 bridgehead atoms. The molecule has 1 atom stereocenters. The summed E-state index contributed by atoms with van der Waals surface area (Å²) in [5, 5.41) is 0. The number of benzene rings is 1. The summed E-state index contributed by atoms with van der Waals surface area (Å²) in [7, 11) is 0. The molecule has 3 heteroatoms. The Balaban J connectivity index is 1.40. The Morgan fingerprint density at radius 3 is 2.55 bits per heavy atom. The van der Waals surface area contributed by atoms with Gasteiger partial charge in [-0.2, -0.15) is 4.39 Å². The van der Waals surface area contributed by atoms with Gasteiger partial charge in [0.05, 0.1) is 6.61 Å². The zero-order chi connectivity index (χ0) is 22.1. The molecule has 0 amide bonds. The van der Waals surface area contributed by atoms with E-state index in [-0.39, 0.29) is 11.7 Å². The minimum Gasteiger partial charge on any atom is -0.491 e. The zero-order valence-electron chi connectivity index (χ0n) is 19.1. The monoisotopic (exact) mass is 428 g/mol. The van der Waals surface area contributed by atoms with E-state index < -0.39 is 11.6 Å². The predicted molar refractivity (Wildman–Crippen MR) is 125 cm³/mol. The fraction of sp³-hybridized carbons (Fsp3) is 0.571. The molecule has 0 aromatic heterocycles. The highest BCUT2D eigenvalue weighted by Gasteiger charge is 2.25. The third-order valence-corrected chi connectivity index (χ3v) is 7.02.